The standard InChI is InChI=1S/C17H16ClN3O3/c1-9-6-11(7-13-16(22)20-17(23)19-13)10(2)21(9)14-8-12(18)4-5-15(14)24-3/h4-8H,1-3H3,(H2,19,20,22,23)/b13-7-. The molecule has 3 rings (SSSR count). The van der Waals surface area contributed by atoms with Crippen molar-refractivity contribution in [2.45, 2.75) is 13.8 Å². The molecule has 124 valence electrons. The number of amides is 3. The van der Waals surface area contributed by atoms with Crippen LogP contribution in [0.3, 0.4) is 0 Å². The van der Waals surface area contributed by atoms with Crippen molar-refractivity contribution in [1.82, 2.24) is 15.2 Å². The van der Waals surface area contributed by atoms with Gasteiger partial charge in [-0.25, -0.2) is 4.79 Å². The molecule has 0 aliphatic carbocycles. The van der Waals surface area contributed by atoms with Crippen molar-refractivity contribution in [1.29, 1.82) is 0 Å². The van der Waals surface area contributed by atoms with E-state index in [0.29, 0.717) is 10.8 Å². The number of benzene rings is 1. The maximum Gasteiger partial charge on any atom is 0.326 e. The Morgan fingerprint density at radius 2 is 1.92 bits per heavy atom. The summed E-state index contributed by atoms with van der Waals surface area (Å²) in [5, 5.41) is 5.27. The maximum atomic E-state index is 11.7. The van der Waals surface area contributed by atoms with Crippen molar-refractivity contribution >= 4 is 29.6 Å². The molecule has 1 fully saturated rings. The maximum absolute atomic E-state index is 11.7. The van der Waals surface area contributed by atoms with Crippen molar-refractivity contribution in [3.63, 3.8) is 0 Å². The van der Waals surface area contributed by atoms with E-state index in [4.69, 9.17) is 16.3 Å². The second-order valence-corrected chi connectivity index (χ2v) is 5.88. The summed E-state index contributed by atoms with van der Waals surface area (Å²) in [5.41, 5.74) is 3.70. The molecule has 1 saturated heterocycles. The molecule has 1 aliphatic rings. The molecule has 0 radical (unpaired) electrons. The van der Waals surface area contributed by atoms with E-state index in [-0.39, 0.29) is 5.70 Å². The second-order valence-electron chi connectivity index (χ2n) is 5.44. The van der Waals surface area contributed by atoms with Gasteiger partial charge in [-0.3, -0.25) is 10.1 Å². The van der Waals surface area contributed by atoms with Gasteiger partial charge in [0.15, 0.2) is 0 Å². The second kappa shape index (κ2) is 6.05. The molecule has 0 bridgehead atoms. The number of imide groups is 1. The van der Waals surface area contributed by atoms with E-state index in [9.17, 15) is 9.59 Å². The molecule has 2 aromatic rings. The van der Waals surface area contributed by atoms with E-state index in [1.54, 1.807) is 25.3 Å². The van der Waals surface area contributed by atoms with Gasteiger partial charge in [0.25, 0.3) is 5.91 Å². The van der Waals surface area contributed by atoms with Crippen LogP contribution in [0.5, 0.6) is 5.75 Å². The highest BCUT2D eigenvalue weighted by Crippen LogP contribution is 2.31. The Morgan fingerprint density at radius 1 is 1.17 bits per heavy atom. The molecule has 3 amide bonds. The largest absolute Gasteiger partial charge is 0.495 e. The number of ether oxygens (including phenoxy) is 1. The lowest BCUT2D eigenvalue weighted by Crippen LogP contribution is -2.22. The zero-order chi connectivity index (χ0) is 17.4. The van der Waals surface area contributed by atoms with Crippen LogP contribution in [0.25, 0.3) is 11.8 Å². The number of urea groups is 1. The molecule has 0 atom stereocenters. The number of aryl methyl sites for hydroxylation is 1. The van der Waals surface area contributed by atoms with Crippen molar-refractivity contribution in [3.05, 3.63) is 51.9 Å². The number of hydrogen-bond acceptors (Lipinski definition) is 3. The van der Waals surface area contributed by atoms with Crippen molar-refractivity contribution in [2.75, 3.05) is 7.11 Å². The van der Waals surface area contributed by atoms with Gasteiger partial charge in [0.2, 0.25) is 0 Å². The third-order valence-corrected chi connectivity index (χ3v) is 4.11. The monoisotopic (exact) mass is 345 g/mol. The number of halogens is 1. The van der Waals surface area contributed by atoms with Crippen LogP contribution in [0, 0.1) is 13.8 Å². The molecule has 1 aliphatic heterocycles. The predicted octanol–water partition coefficient (Wildman–Crippen LogP) is 2.94. The molecule has 7 heteroatoms. The average molecular weight is 346 g/mol. The number of carbonyl (C=O) groups excluding carboxylic acids is 2. The summed E-state index contributed by atoms with van der Waals surface area (Å²) in [7, 11) is 1.60. The van der Waals surface area contributed by atoms with Crippen molar-refractivity contribution in [2.24, 2.45) is 0 Å². The Labute approximate surface area is 144 Å². The van der Waals surface area contributed by atoms with Gasteiger partial charge in [0.1, 0.15) is 11.4 Å². The Kier molecular flexibility index (Phi) is 4.07. The van der Waals surface area contributed by atoms with E-state index in [2.05, 4.69) is 10.6 Å². The summed E-state index contributed by atoms with van der Waals surface area (Å²) in [5.74, 6) is 0.248. The molecular weight excluding hydrogens is 330 g/mol. The van der Waals surface area contributed by atoms with E-state index in [1.165, 1.54) is 0 Å². The highest BCUT2D eigenvalue weighted by atomic mass is 35.5. The fraction of sp³-hybridized carbons (Fsp3) is 0.176. The summed E-state index contributed by atoms with van der Waals surface area (Å²) in [6.45, 7) is 3.87. The predicted molar refractivity (Wildman–Crippen MR) is 91.5 cm³/mol. The van der Waals surface area contributed by atoms with E-state index in [1.807, 2.05) is 30.5 Å². The number of nitrogens with zero attached hydrogens (tertiary/aromatic N) is 1. The van der Waals surface area contributed by atoms with E-state index < -0.39 is 11.9 Å². The van der Waals surface area contributed by atoms with Crippen LogP contribution in [-0.4, -0.2) is 23.6 Å². The molecule has 1 aromatic heterocycles. The fourth-order valence-corrected chi connectivity index (χ4v) is 2.95. The van der Waals surface area contributed by atoms with Crippen LogP contribution < -0.4 is 15.4 Å². The molecule has 1 aromatic carbocycles. The van der Waals surface area contributed by atoms with Crippen LogP contribution in [0.2, 0.25) is 5.02 Å². The lowest BCUT2D eigenvalue weighted by Gasteiger charge is -2.14. The summed E-state index contributed by atoms with van der Waals surface area (Å²) in [4.78, 5) is 22.9. The molecule has 24 heavy (non-hydrogen) atoms. The number of hydrogen-bond donors (Lipinski definition) is 2. The SMILES string of the molecule is COc1ccc(Cl)cc1-n1c(C)cc(/C=C2\NC(=O)NC2=O)c1C. The first kappa shape index (κ1) is 16.1. The summed E-state index contributed by atoms with van der Waals surface area (Å²) in [6, 6.07) is 6.80. The van der Waals surface area contributed by atoms with Gasteiger partial charge in [0.05, 0.1) is 12.8 Å². The first-order valence-electron chi connectivity index (χ1n) is 7.27. The average Bonchev–Trinajstić information content (AvgIpc) is 2.98. The zero-order valence-electron chi connectivity index (χ0n) is 13.4. The zero-order valence-corrected chi connectivity index (χ0v) is 14.2. The number of methoxy groups -OCH3 is 1. The van der Waals surface area contributed by atoms with Gasteiger partial charge >= 0.3 is 6.03 Å². The Hall–Kier alpha value is -2.73. The van der Waals surface area contributed by atoms with Gasteiger partial charge in [-0.15, -0.1) is 0 Å². The highest BCUT2D eigenvalue weighted by Gasteiger charge is 2.23. The van der Waals surface area contributed by atoms with Crippen LogP contribution in [-0.2, 0) is 4.79 Å². The summed E-state index contributed by atoms with van der Waals surface area (Å²) >= 11 is 6.13. The van der Waals surface area contributed by atoms with E-state index >= 15 is 0 Å². The molecule has 0 unspecified atom stereocenters. The number of carbonyl (C=O) groups is 2. The van der Waals surface area contributed by atoms with Gasteiger partial charge < -0.3 is 14.6 Å². The van der Waals surface area contributed by atoms with Crippen LogP contribution in [0.1, 0.15) is 17.0 Å². The third kappa shape index (κ3) is 2.76. The van der Waals surface area contributed by atoms with Gasteiger partial charge in [-0.1, -0.05) is 11.6 Å². The van der Waals surface area contributed by atoms with Gasteiger partial charge in [-0.05, 0) is 49.8 Å². The van der Waals surface area contributed by atoms with Gasteiger partial charge in [0, 0.05) is 16.4 Å². The summed E-state index contributed by atoms with van der Waals surface area (Å²) < 4.78 is 7.41. The molecule has 0 saturated carbocycles. The fourth-order valence-electron chi connectivity index (χ4n) is 2.78. The quantitative estimate of drug-likeness (QED) is 0.663. The molecular formula is C17H16ClN3O3. The first-order chi connectivity index (χ1) is 11.4. The van der Waals surface area contributed by atoms with Crippen LogP contribution >= 0.6 is 11.6 Å². The number of rotatable bonds is 3. The number of nitrogens with one attached hydrogen (secondary N) is 2. The lowest BCUT2D eigenvalue weighted by molar-refractivity contribution is -0.115. The lowest BCUT2D eigenvalue weighted by atomic mass is 10.2. The normalized spacial score (nSPS) is 15.6. The minimum absolute atomic E-state index is 0.221. The first-order valence-corrected chi connectivity index (χ1v) is 7.65. The molecule has 6 nitrogen and oxygen atoms in total. The Bertz CT molecular complexity index is 883. The van der Waals surface area contributed by atoms with E-state index in [0.717, 1.165) is 22.6 Å². The molecule has 2 N–H and O–H groups in total. The Morgan fingerprint density at radius 3 is 2.54 bits per heavy atom. The number of aromatic nitrogens is 1. The highest BCUT2D eigenvalue weighted by molar-refractivity contribution is 6.30. The molecule has 0 spiro atoms. The Balaban J connectivity index is 2.11. The summed E-state index contributed by atoms with van der Waals surface area (Å²) in [6.07, 6.45) is 1.65. The topological polar surface area (TPSA) is 72.4 Å². The smallest absolute Gasteiger partial charge is 0.326 e. The van der Waals surface area contributed by atoms with Crippen molar-refractivity contribution < 1.29 is 14.3 Å². The minimum atomic E-state index is -0.517. The van der Waals surface area contributed by atoms with Gasteiger partial charge in [-0.2, -0.15) is 0 Å². The molecule has 2 heterocycles. The minimum Gasteiger partial charge on any atom is -0.495 e. The van der Waals surface area contributed by atoms with Crippen LogP contribution in [0.15, 0.2) is 30.0 Å². The third-order valence-electron chi connectivity index (χ3n) is 3.87. The van der Waals surface area contributed by atoms with Crippen molar-refractivity contribution in [3.8, 4) is 11.4 Å². The van der Waals surface area contributed by atoms with Crippen LogP contribution in [0.4, 0.5) is 4.79 Å².